The molecule has 0 atom stereocenters. The number of benzene rings is 1. The van der Waals surface area contributed by atoms with E-state index in [2.05, 4.69) is 4.98 Å². The van der Waals surface area contributed by atoms with Gasteiger partial charge in [0.2, 0.25) is 0 Å². The van der Waals surface area contributed by atoms with Gasteiger partial charge in [0, 0.05) is 24.1 Å². The lowest BCUT2D eigenvalue weighted by atomic mass is 9.93. The number of ether oxygens (including phenoxy) is 2. The molecule has 2 aromatic rings. The number of nitrogens with zero attached hydrogens (tertiary/aromatic N) is 3. The molecule has 7 nitrogen and oxygen atoms in total. The second kappa shape index (κ2) is 7.94. The number of amides is 1. The van der Waals surface area contributed by atoms with Crippen LogP contribution in [0.5, 0.6) is 0 Å². The molecule has 0 spiro atoms. The first kappa shape index (κ1) is 22.7. The first-order valence-electron chi connectivity index (χ1n) is 9.92. The smallest absolute Gasteiger partial charge is 0.410 e. The summed E-state index contributed by atoms with van der Waals surface area (Å²) in [6.07, 6.45) is -0.514. The van der Waals surface area contributed by atoms with Gasteiger partial charge >= 0.3 is 12.1 Å². The Morgan fingerprint density at radius 1 is 1.13 bits per heavy atom. The Labute approximate surface area is 180 Å². The Bertz CT molecular complexity index is 1020. The predicted octanol–water partition coefficient (Wildman–Crippen LogP) is 4.39. The molecule has 0 saturated heterocycles. The number of halogens is 2. The fraction of sp³-hybridized carbons (Fsp3) is 0.500. The molecule has 3 rings (SSSR count). The minimum absolute atomic E-state index is 0.0218. The van der Waals surface area contributed by atoms with Crippen LogP contribution >= 0.6 is 0 Å². The molecule has 9 heteroatoms. The predicted molar refractivity (Wildman–Crippen MR) is 109 cm³/mol. The molecule has 1 aliphatic heterocycles. The van der Waals surface area contributed by atoms with Gasteiger partial charge in [-0.25, -0.2) is 23.4 Å². The summed E-state index contributed by atoms with van der Waals surface area (Å²) in [5, 5.41) is 0. The highest BCUT2D eigenvalue weighted by Crippen LogP contribution is 2.33. The highest BCUT2D eigenvalue weighted by molar-refractivity contribution is 5.89. The van der Waals surface area contributed by atoms with E-state index in [-0.39, 0.29) is 12.2 Å². The minimum Gasteiger partial charge on any atom is -0.464 e. The van der Waals surface area contributed by atoms with Crippen molar-refractivity contribution < 1.29 is 27.8 Å². The number of rotatable bonds is 2. The van der Waals surface area contributed by atoms with E-state index >= 15 is 0 Å². The van der Waals surface area contributed by atoms with Crippen molar-refractivity contribution in [2.45, 2.75) is 53.3 Å². The van der Waals surface area contributed by atoms with Crippen molar-refractivity contribution in [2.75, 3.05) is 13.7 Å². The molecule has 1 aliphatic rings. The fourth-order valence-electron chi connectivity index (χ4n) is 3.62. The maximum Gasteiger partial charge on any atom is 0.410 e. The van der Waals surface area contributed by atoms with Crippen LogP contribution in [-0.4, -0.2) is 45.8 Å². The van der Waals surface area contributed by atoms with Gasteiger partial charge in [-0.15, -0.1) is 0 Å². The number of carbonyl (C=O) groups excluding carboxylic acids is 2. The molecule has 168 valence electrons. The summed E-state index contributed by atoms with van der Waals surface area (Å²) >= 11 is 0. The van der Waals surface area contributed by atoms with Crippen LogP contribution in [0, 0.1) is 17.0 Å². The molecule has 0 fully saturated rings. The first-order valence-corrected chi connectivity index (χ1v) is 9.92. The van der Waals surface area contributed by atoms with Gasteiger partial charge in [-0.1, -0.05) is 13.8 Å². The second-order valence-electron chi connectivity index (χ2n) is 9.44. The molecule has 0 radical (unpaired) electrons. The number of fused-ring (bicyclic) bond motifs is 1. The molecule has 0 aliphatic carbocycles. The monoisotopic (exact) mass is 435 g/mol. The number of aromatic nitrogens is 2. The maximum absolute atomic E-state index is 13.9. The summed E-state index contributed by atoms with van der Waals surface area (Å²) in [5.74, 6) is -2.37. The number of esters is 1. The van der Waals surface area contributed by atoms with E-state index in [0.29, 0.717) is 30.2 Å². The molecular weight excluding hydrogens is 408 g/mol. The van der Waals surface area contributed by atoms with Crippen molar-refractivity contribution >= 4 is 12.1 Å². The highest BCUT2D eigenvalue weighted by Gasteiger charge is 2.37. The molecule has 0 saturated carbocycles. The summed E-state index contributed by atoms with van der Waals surface area (Å²) in [7, 11) is 1.23. The van der Waals surface area contributed by atoms with Crippen molar-refractivity contribution in [2.24, 2.45) is 5.41 Å². The van der Waals surface area contributed by atoms with Gasteiger partial charge in [-0.3, -0.25) is 0 Å². The van der Waals surface area contributed by atoms with Crippen molar-refractivity contribution in [3.8, 4) is 11.4 Å². The number of imidazole rings is 1. The Morgan fingerprint density at radius 3 is 2.39 bits per heavy atom. The van der Waals surface area contributed by atoms with E-state index < -0.39 is 34.7 Å². The van der Waals surface area contributed by atoms with Crippen LogP contribution in [0.25, 0.3) is 11.4 Å². The lowest BCUT2D eigenvalue weighted by Gasteiger charge is -2.31. The Kier molecular flexibility index (Phi) is 5.82. The first-order chi connectivity index (χ1) is 14.3. The molecule has 1 amide bonds. The fourth-order valence-corrected chi connectivity index (χ4v) is 3.62. The van der Waals surface area contributed by atoms with Crippen LogP contribution in [-0.2, 0) is 22.6 Å². The van der Waals surface area contributed by atoms with Crippen LogP contribution in [0.3, 0.4) is 0 Å². The minimum atomic E-state index is -1.02. The maximum atomic E-state index is 13.9. The van der Waals surface area contributed by atoms with Gasteiger partial charge < -0.3 is 18.9 Å². The average Bonchev–Trinajstić information content (AvgIpc) is 2.91. The largest absolute Gasteiger partial charge is 0.464 e. The molecular formula is C22H27F2N3O4. The van der Waals surface area contributed by atoms with E-state index in [0.717, 1.165) is 12.1 Å². The molecule has 1 aromatic heterocycles. The van der Waals surface area contributed by atoms with Crippen LogP contribution in [0.15, 0.2) is 18.2 Å². The number of carbonyl (C=O) groups is 2. The Morgan fingerprint density at radius 2 is 1.81 bits per heavy atom. The van der Waals surface area contributed by atoms with Gasteiger partial charge in [0.05, 0.1) is 19.3 Å². The number of methoxy groups -OCH3 is 1. The van der Waals surface area contributed by atoms with Gasteiger partial charge in [0.1, 0.15) is 11.4 Å². The zero-order valence-corrected chi connectivity index (χ0v) is 18.6. The molecule has 2 heterocycles. The van der Waals surface area contributed by atoms with Crippen molar-refractivity contribution in [3.63, 3.8) is 0 Å². The standard InChI is InChI=1S/C22H27F2N3O4/c1-21(2,3)31-20(29)26-10-16-17(19(28)30-6)25-18(27(16)12-22(4,5)11-26)13-7-8-14(23)15(24)9-13/h7-9H,10-12H2,1-6H3. The van der Waals surface area contributed by atoms with E-state index in [1.165, 1.54) is 18.1 Å². The normalized spacial score (nSPS) is 15.8. The topological polar surface area (TPSA) is 73.7 Å². The molecule has 31 heavy (non-hydrogen) atoms. The highest BCUT2D eigenvalue weighted by atomic mass is 19.2. The van der Waals surface area contributed by atoms with E-state index in [4.69, 9.17) is 9.47 Å². The summed E-state index contributed by atoms with van der Waals surface area (Å²) < 4.78 is 39.6. The zero-order valence-electron chi connectivity index (χ0n) is 18.6. The number of hydrogen-bond acceptors (Lipinski definition) is 5. The summed E-state index contributed by atoms with van der Waals surface area (Å²) in [4.78, 5) is 31.2. The average molecular weight is 435 g/mol. The summed E-state index contributed by atoms with van der Waals surface area (Å²) in [6, 6.07) is 3.45. The molecule has 0 N–H and O–H groups in total. The van der Waals surface area contributed by atoms with Crippen LogP contribution in [0.4, 0.5) is 13.6 Å². The van der Waals surface area contributed by atoms with Crippen molar-refractivity contribution in [3.05, 3.63) is 41.2 Å². The van der Waals surface area contributed by atoms with Gasteiger partial charge in [-0.05, 0) is 39.0 Å². The lowest BCUT2D eigenvalue weighted by molar-refractivity contribution is 0.0168. The number of hydrogen-bond donors (Lipinski definition) is 0. The van der Waals surface area contributed by atoms with Crippen LogP contribution in [0.1, 0.15) is 50.8 Å². The van der Waals surface area contributed by atoms with Gasteiger partial charge in [0.25, 0.3) is 0 Å². The van der Waals surface area contributed by atoms with E-state index in [1.54, 1.807) is 25.3 Å². The van der Waals surface area contributed by atoms with Crippen LogP contribution in [0.2, 0.25) is 0 Å². The molecule has 1 aromatic carbocycles. The Hall–Kier alpha value is -2.97. The summed E-state index contributed by atoms with van der Waals surface area (Å²) in [5.41, 5.74) is -0.326. The van der Waals surface area contributed by atoms with E-state index in [1.807, 2.05) is 13.8 Å². The van der Waals surface area contributed by atoms with Crippen molar-refractivity contribution in [1.82, 2.24) is 14.5 Å². The zero-order chi connectivity index (χ0) is 23.1. The van der Waals surface area contributed by atoms with Crippen LogP contribution < -0.4 is 0 Å². The van der Waals surface area contributed by atoms with Crippen molar-refractivity contribution in [1.29, 1.82) is 0 Å². The lowest BCUT2D eigenvalue weighted by Crippen LogP contribution is -2.41. The van der Waals surface area contributed by atoms with E-state index in [9.17, 15) is 18.4 Å². The molecule has 0 bridgehead atoms. The summed E-state index contributed by atoms with van der Waals surface area (Å²) in [6.45, 7) is 10.1. The SMILES string of the molecule is COC(=O)c1nc(-c2ccc(F)c(F)c2)n2c1CN(C(=O)OC(C)(C)C)CC(C)(C)C2. The quantitative estimate of drug-likeness (QED) is 0.654. The second-order valence-corrected chi connectivity index (χ2v) is 9.44. The van der Waals surface area contributed by atoms with Gasteiger partial charge in [0.15, 0.2) is 17.3 Å². The third kappa shape index (κ3) is 4.86. The molecule has 0 unspecified atom stereocenters. The van der Waals surface area contributed by atoms with Gasteiger partial charge in [-0.2, -0.15) is 0 Å². The third-order valence-corrected chi connectivity index (χ3v) is 4.83. The Balaban J connectivity index is 2.15. The third-order valence-electron chi connectivity index (χ3n) is 4.83.